The van der Waals surface area contributed by atoms with Crippen LogP contribution in [0.5, 0.6) is 5.75 Å². The number of rotatable bonds is 2. The maximum atomic E-state index is 9.98. The smallest absolute Gasteiger partial charge is 0.127 e. The largest absolute Gasteiger partial charge is 0.487 e. The van der Waals surface area contributed by atoms with Gasteiger partial charge in [-0.25, -0.2) is 0 Å². The number of hydrogen-bond donors (Lipinski definition) is 1. The van der Waals surface area contributed by atoms with Crippen LogP contribution < -0.4 is 4.74 Å². The van der Waals surface area contributed by atoms with E-state index >= 15 is 0 Å². The van der Waals surface area contributed by atoms with E-state index in [1.807, 2.05) is 24.3 Å². The van der Waals surface area contributed by atoms with Gasteiger partial charge in [0.05, 0.1) is 6.10 Å². The molecule has 0 aromatic heterocycles. The van der Waals surface area contributed by atoms with Gasteiger partial charge in [-0.1, -0.05) is 42.8 Å². The molecule has 2 nitrogen and oxygen atoms in total. The molecule has 0 amide bonds. The van der Waals surface area contributed by atoms with E-state index in [-0.39, 0.29) is 12.2 Å². The molecule has 1 N–H and O–H groups in total. The van der Waals surface area contributed by atoms with Crippen molar-refractivity contribution in [1.29, 1.82) is 0 Å². The summed E-state index contributed by atoms with van der Waals surface area (Å²) < 4.78 is 6.03. The van der Waals surface area contributed by atoms with Gasteiger partial charge >= 0.3 is 0 Å². The Kier molecular flexibility index (Phi) is 3.20. The molecule has 1 fully saturated rings. The predicted octanol–water partition coefficient (Wildman–Crippen LogP) is 3.52. The fourth-order valence-corrected chi connectivity index (χ4v) is 2.68. The van der Waals surface area contributed by atoms with E-state index in [9.17, 15) is 5.11 Å². The summed E-state index contributed by atoms with van der Waals surface area (Å²) >= 11 is 0. The minimum absolute atomic E-state index is 0.0513. The predicted molar refractivity (Wildman–Crippen MR) is 72.8 cm³/mol. The highest BCUT2D eigenvalue weighted by Crippen LogP contribution is 2.29. The first kappa shape index (κ1) is 11.5. The molecule has 2 aromatic rings. The normalized spacial score (nSPS) is 24.1. The van der Waals surface area contributed by atoms with Gasteiger partial charge in [0.25, 0.3) is 0 Å². The Morgan fingerprint density at radius 1 is 0.944 bits per heavy atom. The first-order chi connectivity index (χ1) is 8.84. The van der Waals surface area contributed by atoms with E-state index in [0.29, 0.717) is 0 Å². The van der Waals surface area contributed by atoms with Crippen molar-refractivity contribution in [1.82, 2.24) is 0 Å². The number of hydrogen-bond acceptors (Lipinski definition) is 2. The highest BCUT2D eigenvalue weighted by atomic mass is 16.5. The van der Waals surface area contributed by atoms with Crippen LogP contribution in [0.1, 0.15) is 25.7 Å². The molecule has 1 aliphatic rings. The van der Waals surface area contributed by atoms with Crippen molar-refractivity contribution in [3.8, 4) is 5.75 Å². The van der Waals surface area contributed by atoms with Gasteiger partial charge in [-0.3, -0.25) is 0 Å². The topological polar surface area (TPSA) is 29.5 Å². The Hall–Kier alpha value is -1.54. The lowest BCUT2D eigenvalue weighted by atomic mass is 9.95. The number of fused-ring (bicyclic) bond motifs is 1. The maximum Gasteiger partial charge on any atom is 0.127 e. The Labute approximate surface area is 107 Å². The molecule has 18 heavy (non-hydrogen) atoms. The Morgan fingerprint density at radius 2 is 1.72 bits per heavy atom. The summed E-state index contributed by atoms with van der Waals surface area (Å²) in [4.78, 5) is 0. The molecule has 0 bridgehead atoms. The molecular formula is C16H18O2. The summed E-state index contributed by atoms with van der Waals surface area (Å²) in [5.74, 6) is 0.888. The third-order valence-corrected chi connectivity index (χ3v) is 3.70. The lowest BCUT2D eigenvalue weighted by Gasteiger charge is -2.28. The summed E-state index contributed by atoms with van der Waals surface area (Å²) in [6, 6.07) is 14.3. The van der Waals surface area contributed by atoms with Crippen molar-refractivity contribution < 1.29 is 9.84 Å². The quantitative estimate of drug-likeness (QED) is 0.873. The molecular weight excluding hydrogens is 224 g/mol. The van der Waals surface area contributed by atoms with E-state index < -0.39 is 0 Å². The molecule has 2 atom stereocenters. The van der Waals surface area contributed by atoms with Crippen molar-refractivity contribution in [2.45, 2.75) is 37.9 Å². The molecule has 0 radical (unpaired) electrons. The average molecular weight is 242 g/mol. The van der Waals surface area contributed by atoms with Gasteiger partial charge in [-0.05, 0) is 30.7 Å². The molecule has 2 unspecified atom stereocenters. The third kappa shape index (κ3) is 2.21. The highest BCUT2D eigenvalue weighted by Gasteiger charge is 2.24. The SMILES string of the molecule is OC1CCCCC1Oc1cccc2ccccc12. The van der Waals surface area contributed by atoms with E-state index in [2.05, 4.69) is 18.2 Å². The molecule has 1 aliphatic carbocycles. The monoisotopic (exact) mass is 242 g/mol. The number of aliphatic hydroxyl groups excluding tert-OH is 1. The van der Waals surface area contributed by atoms with Gasteiger partial charge in [0.15, 0.2) is 0 Å². The van der Waals surface area contributed by atoms with E-state index in [4.69, 9.17) is 4.74 Å². The first-order valence-electron chi connectivity index (χ1n) is 6.67. The van der Waals surface area contributed by atoms with Crippen molar-refractivity contribution in [3.05, 3.63) is 42.5 Å². The van der Waals surface area contributed by atoms with E-state index in [1.165, 1.54) is 5.39 Å². The number of aliphatic hydroxyl groups is 1. The minimum Gasteiger partial charge on any atom is -0.487 e. The highest BCUT2D eigenvalue weighted by molar-refractivity contribution is 5.88. The van der Waals surface area contributed by atoms with Crippen molar-refractivity contribution in [3.63, 3.8) is 0 Å². The van der Waals surface area contributed by atoms with Gasteiger partial charge in [-0.15, -0.1) is 0 Å². The molecule has 0 spiro atoms. The molecule has 2 heteroatoms. The summed E-state index contributed by atoms with van der Waals surface area (Å²) in [7, 11) is 0. The standard InChI is InChI=1S/C16H18O2/c17-14-9-3-4-10-16(14)18-15-11-5-7-12-6-1-2-8-13(12)15/h1-2,5-8,11,14,16-17H,3-4,9-10H2. The second-order valence-electron chi connectivity index (χ2n) is 4.99. The van der Waals surface area contributed by atoms with Crippen LogP contribution in [0.3, 0.4) is 0 Å². The first-order valence-corrected chi connectivity index (χ1v) is 6.67. The Balaban J connectivity index is 1.90. The van der Waals surface area contributed by atoms with Crippen molar-refractivity contribution >= 4 is 10.8 Å². The van der Waals surface area contributed by atoms with Crippen LogP contribution in [0, 0.1) is 0 Å². The van der Waals surface area contributed by atoms with Gasteiger partial charge in [0.2, 0.25) is 0 Å². The zero-order valence-electron chi connectivity index (χ0n) is 10.4. The van der Waals surface area contributed by atoms with Crippen LogP contribution in [0.4, 0.5) is 0 Å². The van der Waals surface area contributed by atoms with Crippen molar-refractivity contribution in [2.75, 3.05) is 0 Å². The molecule has 1 saturated carbocycles. The summed E-state index contributed by atoms with van der Waals surface area (Å²) in [6.45, 7) is 0. The lowest BCUT2D eigenvalue weighted by Crippen LogP contribution is -2.34. The number of benzene rings is 2. The molecule has 0 aliphatic heterocycles. The zero-order valence-corrected chi connectivity index (χ0v) is 10.4. The molecule has 3 rings (SSSR count). The van der Waals surface area contributed by atoms with E-state index in [1.54, 1.807) is 0 Å². The third-order valence-electron chi connectivity index (χ3n) is 3.70. The lowest BCUT2D eigenvalue weighted by molar-refractivity contribution is 0.00768. The molecule has 0 saturated heterocycles. The van der Waals surface area contributed by atoms with Gasteiger partial charge < -0.3 is 9.84 Å². The zero-order chi connectivity index (χ0) is 12.4. The fourth-order valence-electron chi connectivity index (χ4n) is 2.68. The van der Waals surface area contributed by atoms with Gasteiger partial charge in [0, 0.05) is 5.39 Å². The second-order valence-corrected chi connectivity index (χ2v) is 4.99. The van der Waals surface area contributed by atoms with Crippen LogP contribution >= 0.6 is 0 Å². The summed E-state index contributed by atoms with van der Waals surface area (Å²) in [5.41, 5.74) is 0. The van der Waals surface area contributed by atoms with Crippen LogP contribution in [0.25, 0.3) is 10.8 Å². The van der Waals surface area contributed by atoms with Crippen molar-refractivity contribution in [2.24, 2.45) is 0 Å². The van der Waals surface area contributed by atoms with Crippen LogP contribution in [-0.4, -0.2) is 17.3 Å². The van der Waals surface area contributed by atoms with E-state index in [0.717, 1.165) is 36.8 Å². The second kappa shape index (κ2) is 4.99. The Bertz CT molecular complexity index is 530. The fraction of sp³-hybridized carbons (Fsp3) is 0.375. The summed E-state index contributed by atoms with van der Waals surface area (Å²) in [5, 5.41) is 12.3. The van der Waals surface area contributed by atoms with Gasteiger partial charge in [-0.2, -0.15) is 0 Å². The van der Waals surface area contributed by atoms with Crippen LogP contribution in [-0.2, 0) is 0 Å². The molecule has 0 heterocycles. The number of ether oxygens (including phenoxy) is 1. The Morgan fingerprint density at radius 3 is 2.61 bits per heavy atom. The molecule has 94 valence electrons. The van der Waals surface area contributed by atoms with Crippen LogP contribution in [0.2, 0.25) is 0 Å². The minimum atomic E-state index is -0.322. The molecule has 2 aromatic carbocycles. The van der Waals surface area contributed by atoms with Crippen LogP contribution in [0.15, 0.2) is 42.5 Å². The summed E-state index contributed by atoms with van der Waals surface area (Å²) in [6.07, 6.45) is 3.69. The average Bonchev–Trinajstić information content (AvgIpc) is 2.42. The van der Waals surface area contributed by atoms with Gasteiger partial charge in [0.1, 0.15) is 11.9 Å². The maximum absolute atomic E-state index is 9.98.